The third-order valence-corrected chi connectivity index (χ3v) is 9.74. The number of hydrogen-bond donors (Lipinski definition) is 8. The molecule has 1 aliphatic heterocycles. The number of aromatic amines is 4. The van der Waals surface area contributed by atoms with Gasteiger partial charge in [0, 0.05) is 70.1 Å². The highest BCUT2D eigenvalue weighted by Gasteiger charge is 2.18. The van der Waals surface area contributed by atoms with Crippen molar-refractivity contribution in [3.8, 4) is 0 Å². The lowest BCUT2D eigenvalue weighted by Gasteiger charge is -2.05. The maximum Gasteiger partial charge on any atom is 0.220 e. The SMILES string of the molecule is CCc1c2[nH]c(c1C)C=c1[nH]c(c(CCC(=O)NCCO)c1C)=Cc1[nH]c(c(C)c1CCC(=O)NCCO)C=c1[nH]c(c(C)c1CC)=C2. The monoisotopic (exact) mass is 654 g/mol. The molecule has 4 aromatic heterocycles. The minimum atomic E-state index is -0.109. The predicted octanol–water partition coefficient (Wildman–Crippen LogP) is 1.07. The molecule has 48 heavy (non-hydrogen) atoms. The van der Waals surface area contributed by atoms with E-state index >= 15 is 0 Å². The molecule has 0 atom stereocenters. The fourth-order valence-corrected chi connectivity index (χ4v) is 6.96. The molecule has 8 N–H and O–H groups in total. The van der Waals surface area contributed by atoms with Crippen LogP contribution >= 0.6 is 0 Å². The smallest absolute Gasteiger partial charge is 0.220 e. The second-order valence-corrected chi connectivity index (χ2v) is 12.7. The molecule has 0 saturated carbocycles. The standard InChI is InChI=1S/C38H50N6O4/c1-7-25-21(3)29-17-30-23(5)27(9-11-37(47)39-13-15-45)35(43-30)20-36-28(10-12-38(48)40-14-16-46)24(6)32(44-36)19-34-26(8-2)22(4)31(42-34)18-33(25)41-29/h17-20,41-46H,7-16H2,1-6H3,(H,39,47)(H,40,48). The highest BCUT2D eigenvalue weighted by molar-refractivity contribution is 5.77. The van der Waals surface area contributed by atoms with E-state index in [-0.39, 0.29) is 51.0 Å². The number of amides is 2. The van der Waals surface area contributed by atoms with Crippen molar-refractivity contribution in [3.05, 3.63) is 88.7 Å². The second-order valence-electron chi connectivity index (χ2n) is 12.7. The molecule has 10 heteroatoms. The van der Waals surface area contributed by atoms with Gasteiger partial charge in [-0.05, 0) is 122 Å². The van der Waals surface area contributed by atoms with Crippen LogP contribution in [0.2, 0.25) is 0 Å². The van der Waals surface area contributed by atoms with Crippen molar-refractivity contribution in [1.82, 2.24) is 30.6 Å². The number of carbonyl (C=O) groups excluding carboxylic acids is 2. The van der Waals surface area contributed by atoms with Crippen molar-refractivity contribution in [3.63, 3.8) is 0 Å². The van der Waals surface area contributed by atoms with Gasteiger partial charge in [-0.25, -0.2) is 0 Å². The van der Waals surface area contributed by atoms with Gasteiger partial charge in [-0.1, -0.05) is 13.8 Å². The third kappa shape index (κ3) is 7.15. The van der Waals surface area contributed by atoms with E-state index in [0.29, 0.717) is 12.8 Å². The summed E-state index contributed by atoms with van der Waals surface area (Å²) in [6, 6.07) is 0. The summed E-state index contributed by atoms with van der Waals surface area (Å²) < 4.78 is 0. The molecule has 0 spiro atoms. The van der Waals surface area contributed by atoms with Crippen LogP contribution in [0.5, 0.6) is 0 Å². The summed E-state index contributed by atoms with van der Waals surface area (Å²) in [5.74, 6) is -0.219. The van der Waals surface area contributed by atoms with Crippen molar-refractivity contribution in [1.29, 1.82) is 0 Å². The van der Waals surface area contributed by atoms with E-state index in [1.165, 1.54) is 22.3 Å². The van der Waals surface area contributed by atoms with Crippen LogP contribution in [0.4, 0.5) is 0 Å². The average Bonchev–Trinajstić information content (AvgIpc) is 3.73. The molecule has 256 valence electrons. The Morgan fingerprint density at radius 2 is 0.958 bits per heavy atom. The number of aromatic nitrogens is 4. The topological polar surface area (TPSA) is 162 Å². The second kappa shape index (κ2) is 15.1. The lowest BCUT2D eigenvalue weighted by molar-refractivity contribution is -0.122. The fourth-order valence-electron chi connectivity index (χ4n) is 6.96. The fraction of sp³-hybridized carbons (Fsp3) is 0.421. The van der Waals surface area contributed by atoms with Gasteiger partial charge in [0.1, 0.15) is 0 Å². The zero-order valence-corrected chi connectivity index (χ0v) is 29.1. The summed E-state index contributed by atoms with van der Waals surface area (Å²) in [5, 5.41) is 27.9. The molecule has 10 nitrogen and oxygen atoms in total. The van der Waals surface area contributed by atoms with E-state index in [4.69, 9.17) is 0 Å². The van der Waals surface area contributed by atoms with E-state index in [1.54, 1.807) is 0 Å². The number of fused-ring (bicyclic) bond motifs is 8. The predicted molar refractivity (Wildman–Crippen MR) is 190 cm³/mol. The zero-order valence-electron chi connectivity index (χ0n) is 29.1. The molecular formula is C38H50N6O4. The zero-order chi connectivity index (χ0) is 34.5. The first-order valence-corrected chi connectivity index (χ1v) is 17.1. The van der Waals surface area contributed by atoms with Crippen molar-refractivity contribution in [2.75, 3.05) is 26.3 Å². The molecule has 5 heterocycles. The van der Waals surface area contributed by atoms with Crippen LogP contribution in [0, 0.1) is 27.7 Å². The normalized spacial score (nSPS) is 12.2. The average molecular weight is 655 g/mol. The van der Waals surface area contributed by atoms with Gasteiger partial charge in [-0.15, -0.1) is 0 Å². The lowest BCUT2D eigenvalue weighted by atomic mass is 10.0. The summed E-state index contributed by atoms with van der Waals surface area (Å²) in [6.07, 6.45) is 12.0. The molecule has 0 unspecified atom stereocenters. The Morgan fingerprint density at radius 1 is 0.542 bits per heavy atom. The lowest BCUT2D eigenvalue weighted by Crippen LogP contribution is -2.27. The molecule has 0 fully saturated rings. The Morgan fingerprint density at radius 3 is 1.50 bits per heavy atom. The Balaban J connectivity index is 1.79. The van der Waals surface area contributed by atoms with Gasteiger partial charge in [0.2, 0.25) is 11.8 Å². The number of carbonyl (C=O) groups is 2. The largest absolute Gasteiger partial charge is 0.395 e. The van der Waals surface area contributed by atoms with E-state index in [1.807, 2.05) is 0 Å². The first-order chi connectivity index (χ1) is 23.1. The van der Waals surface area contributed by atoms with Gasteiger partial charge in [0.05, 0.1) is 13.2 Å². The molecule has 1 aliphatic rings. The Labute approximate surface area is 281 Å². The Bertz CT molecular complexity index is 2070. The van der Waals surface area contributed by atoms with Crippen molar-refractivity contribution < 1.29 is 19.8 Å². The molecular weight excluding hydrogens is 604 g/mol. The summed E-state index contributed by atoms with van der Waals surface area (Å²) in [5.41, 5.74) is 13.2. The van der Waals surface area contributed by atoms with Gasteiger partial charge in [-0.3, -0.25) is 9.59 Å². The van der Waals surface area contributed by atoms with Crippen LogP contribution in [-0.2, 0) is 35.3 Å². The maximum absolute atomic E-state index is 12.6. The van der Waals surface area contributed by atoms with Gasteiger partial charge in [0.15, 0.2) is 0 Å². The van der Waals surface area contributed by atoms with Crippen LogP contribution in [-0.4, -0.2) is 68.3 Å². The molecule has 0 saturated heterocycles. The number of nitrogens with one attached hydrogen (secondary N) is 6. The van der Waals surface area contributed by atoms with Gasteiger partial charge >= 0.3 is 0 Å². The summed E-state index contributed by atoms with van der Waals surface area (Å²) in [7, 11) is 0. The third-order valence-electron chi connectivity index (χ3n) is 9.74. The van der Waals surface area contributed by atoms with Crippen molar-refractivity contribution in [2.45, 2.75) is 80.1 Å². The van der Waals surface area contributed by atoms with Gasteiger partial charge in [0.25, 0.3) is 0 Å². The van der Waals surface area contributed by atoms with Gasteiger partial charge in [-0.2, -0.15) is 0 Å². The summed E-state index contributed by atoms with van der Waals surface area (Å²) in [6.45, 7) is 13.1. The Kier molecular flexibility index (Phi) is 11.0. The molecule has 8 bridgehead atoms. The molecule has 5 rings (SSSR count). The van der Waals surface area contributed by atoms with Crippen LogP contribution in [0.1, 0.15) is 94.0 Å². The number of aliphatic hydroxyl groups excluding tert-OH is 2. The highest BCUT2D eigenvalue weighted by atomic mass is 16.3. The summed E-state index contributed by atoms with van der Waals surface area (Å²) >= 11 is 0. The minimum Gasteiger partial charge on any atom is -0.395 e. The van der Waals surface area contributed by atoms with Crippen LogP contribution in [0.3, 0.4) is 0 Å². The number of rotatable bonds is 12. The van der Waals surface area contributed by atoms with Gasteiger partial charge < -0.3 is 40.8 Å². The van der Waals surface area contributed by atoms with E-state index in [9.17, 15) is 19.8 Å². The number of hydrogen-bond acceptors (Lipinski definition) is 4. The first-order valence-electron chi connectivity index (χ1n) is 17.1. The molecule has 0 aliphatic carbocycles. The van der Waals surface area contributed by atoms with Crippen molar-refractivity contribution >= 4 is 36.1 Å². The molecule has 2 amide bonds. The van der Waals surface area contributed by atoms with Crippen LogP contribution < -0.4 is 32.0 Å². The van der Waals surface area contributed by atoms with E-state index < -0.39 is 0 Å². The summed E-state index contributed by atoms with van der Waals surface area (Å²) in [4.78, 5) is 40.0. The Hall–Kier alpha value is -4.54. The molecule has 4 aromatic rings. The van der Waals surface area contributed by atoms with E-state index in [2.05, 4.69) is 96.4 Å². The molecule has 0 aromatic carbocycles. The minimum absolute atomic E-state index is 0.100. The molecule has 0 radical (unpaired) electrons. The highest BCUT2D eigenvalue weighted by Crippen LogP contribution is 2.23. The van der Waals surface area contributed by atoms with Crippen LogP contribution in [0.25, 0.3) is 24.3 Å². The number of aliphatic hydroxyl groups is 2. The van der Waals surface area contributed by atoms with E-state index in [0.717, 1.165) is 79.3 Å². The van der Waals surface area contributed by atoms with Crippen LogP contribution in [0.15, 0.2) is 0 Å². The first kappa shape index (κ1) is 34.8. The number of H-pyrrole nitrogens is 4. The quantitative estimate of drug-likeness (QED) is 0.101. The maximum atomic E-state index is 12.6. The van der Waals surface area contributed by atoms with Crippen molar-refractivity contribution in [2.24, 2.45) is 0 Å².